The molecule has 2 fully saturated rings. The normalized spacial score (nSPS) is 22.6. The molecular formula is C23H27N3O2. The molecule has 0 N–H and O–H groups in total. The van der Waals surface area contributed by atoms with Gasteiger partial charge in [0.15, 0.2) is 0 Å². The van der Waals surface area contributed by atoms with Crippen LogP contribution in [0.1, 0.15) is 23.6 Å². The number of para-hydroxylation sites is 1. The first-order valence-electron chi connectivity index (χ1n) is 9.95. The topological polar surface area (TPSA) is 43.9 Å². The fraction of sp³-hybridized carbons (Fsp3) is 0.391. The van der Waals surface area contributed by atoms with E-state index < -0.39 is 0 Å². The van der Waals surface area contributed by atoms with E-state index in [0.29, 0.717) is 19.5 Å². The van der Waals surface area contributed by atoms with Crippen LogP contribution in [0, 0.1) is 12.8 Å². The minimum atomic E-state index is -0.302. The van der Waals surface area contributed by atoms with E-state index in [2.05, 4.69) is 17.0 Å². The van der Waals surface area contributed by atoms with Crippen molar-refractivity contribution in [2.45, 2.75) is 19.4 Å². The first-order valence-corrected chi connectivity index (χ1v) is 9.95. The van der Waals surface area contributed by atoms with Crippen molar-refractivity contribution in [3.8, 4) is 0 Å². The highest BCUT2D eigenvalue weighted by Crippen LogP contribution is 2.38. The number of rotatable bonds is 3. The highest BCUT2D eigenvalue weighted by Gasteiger charge is 2.44. The van der Waals surface area contributed by atoms with Gasteiger partial charge < -0.3 is 14.7 Å². The van der Waals surface area contributed by atoms with Crippen LogP contribution >= 0.6 is 0 Å². The second-order valence-electron chi connectivity index (χ2n) is 7.82. The minimum Gasteiger partial charge on any atom is -0.368 e. The first-order chi connectivity index (χ1) is 13.5. The van der Waals surface area contributed by atoms with Crippen LogP contribution in [-0.2, 0) is 9.59 Å². The fourth-order valence-electron chi connectivity index (χ4n) is 4.37. The van der Waals surface area contributed by atoms with E-state index >= 15 is 0 Å². The number of hydrogen-bond donors (Lipinski definition) is 0. The van der Waals surface area contributed by atoms with E-state index in [4.69, 9.17) is 0 Å². The van der Waals surface area contributed by atoms with Crippen LogP contribution in [0.3, 0.4) is 0 Å². The van der Waals surface area contributed by atoms with Gasteiger partial charge in [-0.2, -0.15) is 0 Å². The van der Waals surface area contributed by atoms with Crippen LogP contribution in [0.2, 0.25) is 0 Å². The van der Waals surface area contributed by atoms with Crippen LogP contribution in [0.25, 0.3) is 0 Å². The van der Waals surface area contributed by atoms with E-state index in [1.54, 1.807) is 4.90 Å². The van der Waals surface area contributed by atoms with Crippen molar-refractivity contribution in [1.29, 1.82) is 0 Å². The molecule has 2 aromatic carbocycles. The molecule has 0 saturated carbocycles. The third kappa shape index (κ3) is 3.49. The molecule has 2 atom stereocenters. The lowest BCUT2D eigenvalue weighted by atomic mass is 9.91. The Hall–Kier alpha value is -2.82. The van der Waals surface area contributed by atoms with Gasteiger partial charge in [0.1, 0.15) is 0 Å². The Morgan fingerprint density at radius 3 is 2.21 bits per heavy atom. The second kappa shape index (κ2) is 7.66. The molecule has 5 heteroatoms. The predicted octanol–water partition coefficient (Wildman–Crippen LogP) is 2.86. The Morgan fingerprint density at radius 1 is 0.929 bits per heavy atom. The number of carbonyl (C=O) groups excluding carboxylic acids is 2. The number of piperazine rings is 1. The molecule has 0 aliphatic carbocycles. The number of carbonyl (C=O) groups is 2. The van der Waals surface area contributed by atoms with Crippen LogP contribution in [0.15, 0.2) is 54.6 Å². The maximum atomic E-state index is 13.3. The molecule has 2 aromatic rings. The van der Waals surface area contributed by atoms with Gasteiger partial charge in [-0.3, -0.25) is 9.59 Å². The Kier molecular flexibility index (Phi) is 5.07. The van der Waals surface area contributed by atoms with Crippen molar-refractivity contribution < 1.29 is 9.59 Å². The van der Waals surface area contributed by atoms with Crippen LogP contribution in [0.5, 0.6) is 0 Å². The maximum absolute atomic E-state index is 13.3. The van der Waals surface area contributed by atoms with Crippen molar-refractivity contribution in [3.63, 3.8) is 0 Å². The lowest BCUT2D eigenvalue weighted by Crippen LogP contribution is -2.51. The average molecular weight is 377 g/mol. The monoisotopic (exact) mass is 377 g/mol. The summed E-state index contributed by atoms with van der Waals surface area (Å²) >= 11 is 0. The molecule has 4 rings (SSSR count). The number of aryl methyl sites for hydroxylation is 1. The summed E-state index contributed by atoms with van der Waals surface area (Å²) in [5.74, 6) is -0.147. The van der Waals surface area contributed by atoms with E-state index in [-0.39, 0.29) is 23.8 Å². The van der Waals surface area contributed by atoms with Gasteiger partial charge >= 0.3 is 0 Å². The highest BCUT2D eigenvalue weighted by atomic mass is 16.2. The van der Waals surface area contributed by atoms with Gasteiger partial charge in [-0.05, 0) is 24.6 Å². The molecule has 28 heavy (non-hydrogen) atoms. The zero-order chi connectivity index (χ0) is 19.7. The van der Waals surface area contributed by atoms with Gasteiger partial charge in [0.05, 0.1) is 12.0 Å². The molecule has 0 radical (unpaired) electrons. The number of nitrogens with zero attached hydrogens (tertiary/aromatic N) is 3. The summed E-state index contributed by atoms with van der Waals surface area (Å²) in [7, 11) is 1.81. The third-order valence-electron chi connectivity index (χ3n) is 6.04. The molecule has 2 saturated heterocycles. The third-order valence-corrected chi connectivity index (χ3v) is 6.04. The van der Waals surface area contributed by atoms with Gasteiger partial charge in [0.25, 0.3) is 0 Å². The zero-order valence-electron chi connectivity index (χ0n) is 16.5. The molecular weight excluding hydrogens is 350 g/mol. The van der Waals surface area contributed by atoms with E-state index in [1.165, 1.54) is 11.3 Å². The fourth-order valence-corrected chi connectivity index (χ4v) is 4.37. The molecule has 5 nitrogen and oxygen atoms in total. The number of benzene rings is 2. The molecule has 0 bridgehead atoms. The van der Waals surface area contributed by atoms with Gasteiger partial charge in [-0.25, -0.2) is 0 Å². The lowest BCUT2D eigenvalue weighted by Gasteiger charge is -2.38. The van der Waals surface area contributed by atoms with Gasteiger partial charge in [0.2, 0.25) is 11.8 Å². The Bertz CT molecular complexity index is 842. The Balaban J connectivity index is 1.47. The van der Waals surface area contributed by atoms with Gasteiger partial charge in [-0.1, -0.05) is 48.0 Å². The standard InChI is InChI=1S/C23H27N3O2/c1-17-8-10-18(11-9-17)22-20(16-21(27)24(22)2)23(28)26-14-12-25(13-15-26)19-6-4-3-5-7-19/h3-11,20,22H,12-16H2,1-2H3/t20-,22+/m1/s1. The van der Waals surface area contributed by atoms with Crippen molar-refractivity contribution >= 4 is 17.5 Å². The van der Waals surface area contributed by atoms with E-state index in [9.17, 15) is 9.59 Å². The van der Waals surface area contributed by atoms with Gasteiger partial charge in [0, 0.05) is 45.3 Å². The summed E-state index contributed by atoms with van der Waals surface area (Å²) in [5.41, 5.74) is 3.42. The maximum Gasteiger partial charge on any atom is 0.228 e. The van der Waals surface area contributed by atoms with Crippen LogP contribution in [0.4, 0.5) is 5.69 Å². The van der Waals surface area contributed by atoms with E-state index in [0.717, 1.165) is 18.7 Å². The molecule has 2 aliphatic rings. The molecule has 146 valence electrons. The van der Waals surface area contributed by atoms with Crippen LogP contribution < -0.4 is 4.90 Å². The summed E-state index contributed by atoms with van der Waals surface area (Å²) in [5, 5.41) is 0. The summed E-state index contributed by atoms with van der Waals surface area (Å²) < 4.78 is 0. The minimum absolute atomic E-state index is 0.0480. The molecule has 0 aromatic heterocycles. The molecule has 0 unspecified atom stereocenters. The lowest BCUT2D eigenvalue weighted by molar-refractivity contribution is -0.136. The Morgan fingerprint density at radius 2 is 1.57 bits per heavy atom. The van der Waals surface area contributed by atoms with Crippen molar-refractivity contribution in [3.05, 3.63) is 65.7 Å². The number of likely N-dealkylation sites (tertiary alicyclic amines) is 1. The molecule has 0 spiro atoms. The van der Waals surface area contributed by atoms with Crippen molar-refractivity contribution in [2.24, 2.45) is 5.92 Å². The second-order valence-corrected chi connectivity index (χ2v) is 7.82. The predicted molar refractivity (Wildman–Crippen MR) is 110 cm³/mol. The zero-order valence-corrected chi connectivity index (χ0v) is 16.5. The average Bonchev–Trinajstić information content (AvgIpc) is 3.03. The summed E-state index contributed by atoms with van der Waals surface area (Å²) in [6, 6.07) is 18.3. The number of amides is 2. The van der Waals surface area contributed by atoms with Crippen molar-refractivity contribution in [1.82, 2.24) is 9.80 Å². The number of anilines is 1. The summed E-state index contributed by atoms with van der Waals surface area (Å²) in [6.45, 7) is 5.08. The molecule has 2 aliphatic heterocycles. The summed E-state index contributed by atoms with van der Waals surface area (Å²) in [4.78, 5) is 31.7. The molecule has 2 heterocycles. The quantitative estimate of drug-likeness (QED) is 0.826. The van der Waals surface area contributed by atoms with E-state index in [1.807, 2.05) is 61.3 Å². The highest BCUT2D eigenvalue weighted by molar-refractivity contribution is 5.90. The SMILES string of the molecule is Cc1ccc([C@H]2[C@H](C(=O)N3CCN(c4ccccc4)CC3)CC(=O)N2C)cc1. The van der Waals surface area contributed by atoms with Crippen LogP contribution in [-0.4, -0.2) is 54.8 Å². The first kappa shape index (κ1) is 18.5. The largest absolute Gasteiger partial charge is 0.368 e. The summed E-state index contributed by atoms with van der Waals surface area (Å²) in [6.07, 6.45) is 0.298. The number of hydrogen-bond acceptors (Lipinski definition) is 3. The van der Waals surface area contributed by atoms with Gasteiger partial charge in [-0.15, -0.1) is 0 Å². The van der Waals surface area contributed by atoms with Crippen molar-refractivity contribution in [2.75, 3.05) is 38.1 Å². The smallest absolute Gasteiger partial charge is 0.228 e. The molecule has 2 amide bonds. The Labute approximate surface area is 166 Å².